The molecule has 0 aliphatic heterocycles. The van der Waals surface area contributed by atoms with Crippen molar-refractivity contribution in [1.29, 1.82) is 0 Å². The van der Waals surface area contributed by atoms with Gasteiger partial charge in [-0.2, -0.15) is 0 Å². The van der Waals surface area contributed by atoms with E-state index >= 15 is 0 Å². The zero-order valence-electron chi connectivity index (χ0n) is 6.98. The molecule has 2 N–H and O–H groups in total. The summed E-state index contributed by atoms with van der Waals surface area (Å²) in [5, 5.41) is 0. The second-order valence-corrected chi connectivity index (χ2v) is 2.68. The molecule has 0 bridgehead atoms. The van der Waals surface area contributed by atoms with E-state index in [4.69, 9.17) is 5.73 Å². The normalized spacial score (nSPS) is 12.2. The molecule has 10 heavy (non-hydrogen) atoms. The molecule has 0 heterocycles. The van der Waals surface area contributed by atoms with Crippen LogP contribution in [0.15, 0.2) is 18.0 Å². The van der Waals surface area contributed by atoms with Gasteiger partial charge in [-0.15, -0.1) is 5.73 Å². The predicted octanol–water partition coefficient (Wildman–Crippen LogP) is 2.44. The minimum absolute atomic E-state index is 0.456. The van der Waals surface area contributed by atoms with Crippen LogP contribution in [-0.2, 0) is 0 Å². The van der Waals surface area contributed by atoms with E-state index in [0.29, 0.717) is 5.92 Å². The molecule has 0 radical (unpaired) electrons. The highest BCUT2D eigenvalue weighted by Gasteiger charge is 2.01. The predicted molar refractivity (Wildman–Crippen MR) is 45.5 cm³/mol. The first-order valence-electron chi connectivity index (χ1n) is 3.87. The molecule has 0 fully saturated rings. The van der Waals surface area contributed by atoms with Gasteiger partial charge in [-0.05, 0) is 6.42 Å². The molecule has 0 spiro atoms. The van der Waals surface area contributed by atoms with Crippen LogP contribution in [0.5, 0.6) is 0 Å². The van der Waals surface area contributed by atoms with Crippen molar-refractivity contribution in [2.45, 2.75) is 33.1 Å². The Morgan fingerprint density at radius 2 is 2.30 bits per heavy atom. The smallest absolute Gasteiger partial charge is 0.0534 e. The molecule has 0 aromatic carbocycles. The van der Waals surface area contributed by atoms with Gasteiger partial charge in [0.15, 0.2) is 0 Å². The number of nitrogens with two attached hydrogens (primary N) is 1. The Hall–Kier alpha value is -0.680. The summed E-state index contributed by atoms with van der Waals surface area (Å²) in [5.41, 5.74) is 9.12. The monoisotopic (exact) mass is 139 g/mol. The zero-order valence-corrected chi connectivity index (χ0v) is 6.98. The highest BCUT2D eigenvalue weighted by Crippen LogP contribution is 2.11. The number of hydrogen-bond acceptors (Lipinski definition) is 1. The fourth-order valence-electron chi connectivity index (χ4n) is 0.840. The molecule has 0 saturated carbocycles. The lowest BCUT2D eigenvalue weighted by Crippen LogP contribution is -2.06. The topological polar surface area (TPSA) is 26.0 Å². The van der Waals surface area contributed by atoms with Gasteiger partial charge < -0.3 is 5.73 Å². The summed E-state index contributed by atoms with van der Waals surface area (Å²) in [6.45, 7) is 7.80. The van der Waals surface area contributed by atoms with Crippen LogP contribution >= 0.6 is 0 Å². The summed E-state index contributed by atoms with van der Waals surface area (Å²) in [5.74, 6) is 0.456. The third-order valence-electron chi connectivity index (χ3n) is 1.73. The summed E-state index contributed by atoms with van der Waals surface area (Å²) in [4.78, 5) is 0. The van der Waals surface area contributed by atoms with Gasteiger partial charge >= 0.3 is 0 Å². The van der Waals surface area contributed by atoms with Gasteiger partial charge in [0.25, 0.3) is 0 Å². The maximum absolute atomic E-state index is 5.60. The van der Waals surface area contributed by atoms with E-state index in [2.05, 4.69) is 26.2 Å². The maximum atomic E-state index is 5.60. The molecule has 0 aromatic heterocycles. The van der Waals surface area contributed by atoms with E-state index in [0.717, 1.165) is 12.1 Å². The number of allylic oxidation sites excluding steroid dienone is 1. The largest absolute Gasteiger partial charge is 0.396 e. The van der Waals surface area contributed by atoms with Crippen molar-refractivity contribution >= 4 is 0 Å². The first kappa shape index (κ1) is 9.32. The molecule has 1 unspecified atom stereocenters. The summed E-state index contributed by atoms with van der Waals surface area (Å²) in [6.07, 6.45) is 3.63. The van der Waals surface area contributed by atoms with Crippen LogP contribution < -0.4 is 5.73 Å². The Balaban J connectivity index is 3.62. The summed E-state index contributed by atoms with van der Waals surface area (Å²) in [7, 11) is 0. The molecule has 0 aliphatic carbocycles. The van der Waals surface area contributed by atoms with Crippen LogP contribution in [0.1, 0.15) is 33.1 Å². The van der Waals surface area contributed by atoms with Crippen LogP contribution in [0.3, 0.4) is 0 Å². The quantitative estimate of drug-likeness (QED) is 0.595. The number of unbranched alkanes of at least 4 members (excludes halogenated alkanes) is 1. The molecule has 0 rings (SSSR count). The fraction of sp³-hybridized carbons (Fsp3) is 0.667. The second kappa shape index (κ2) is 5.13. The first-order valence-corrected chi connectivity index (χ1v) is 3.87. The van der Waals surface area contributed by atoms with Gasteiger partial charge in [-0.3, -0.25) is 0 Å². The van der Waals surface area contributed by atoms with Crippen LogP contribution in [0.25, 0.3) is 0 Å². The van der Waals surface area contributed by atoms with Crippen molar-refractivity contribution in [3.8, 4) is 0 Å². The van der Waals surface area contributed by atoms with Crippen molar-refractivity contribution < 1.29 is 0 Å². The van der Waals surface area contributed by atoms with E-state index in [1.54, 1.807) is 0 Å². The van der Waals surface area contributed by atoms with Crippen molar-refractivity contribution in [3.05, 3.63) is 18.0 Å². The molecule has 0 aliphatic rings. The average Bonchev–Trinajstić information content (AvgIpc) is 1.98. The molecule has 0 amide bonds. The summed E-state index contributed by atoms with van der Waals surface area (Å²) in [6, 6.07) is 0. The van der Waals surface area contributed by atoms with E-state index < -0.39 is 0 Å². The molecular formula is C9H17N. The van der Waals surface area contributed by atoms with Crippen LogP contribution in [0.2, 0.25) is 0 Å². The Bertz CT molecular complexity index is 132. The molecule has 1 atom stereocenters. The Kier molecular flexibility index (Phi) is 4.78. The van der Waals surface area contributed by atoms with Crippen LogP contribution in [0, 0.1) is 5.92 Å². The summed E-state index contributed by atoms with van der Waals surface area (Å²) >= 11 is 0. The Morgan fingerprint density at radius 3 is 2.70 bits per heavy atom. The highest BCUT2D eigenvalue weighted by molar-refractivity contribution is 4.96. The third kappa shape index (κ3) is 3.37. The van der Waals surface area contributed by atoms with E-state index in [1.165, 1.54) is 12.8 Å². The van der Waals surface area contributed by atoms with Crippen molar-refractivity contribution in [3.63, 3.8) is 0 Å². The van der Waals surface area contributed by atoms with Gasteiger partial charge in [0.1, 0.15) is 0 Å². The van der Waals surface area contributed by atoms with E-state index in [-0.39, 0.29) is 0 Å². The molecule has 0 aromatic rings. The van der Waals surface area contributed by atoms with Crippen molar-refractivity contribution in [2.24, 2.45) is 11.7 Å². The lowest BCUT2D eigenvalue weighted by molar-refractivity contribution is 0.568. The molecule has 1 heteroatoms. The van der Waals surface area contributed by atoms with Gasteiger partial charge in [0.05, 0.1) is 5.70 Å². The molecule has 58 valence electrons. The molecular weight excluding hydrogens is 122 g/mol. The van der Waals surface area contributed by atoms with Crippen molar-refractivity contribution in [1.82, 2.24) is 0 Å². The number of hydrogen-bond donors (Lipinski definition) is 1. The van der Waals surface area contributed by atoms with Gasteiger partial charge in [0, 0.05) is 5.92 Å². The number of rotatable bonds is 4. The van der Waals surface area contributed by atoms with Crippen LogP contribution in [-0.4, -0.2) is 0 Å². The van der Waals surface area contributed by atoms with E-state index in [9.17, 15) is 0 Å². The Morgan fingerprint density at radius 1 is 1.70 bits per heavy atom. The maximum Gasteiger partial charge on any atom is 0.0534 e. The van der Waals surface area contributed by atoms with Gasteiger partial charge in [-0.25, -0.2) is 0 Å². The third-order valence-corrected chi connectivity index (χ3v) is 1.73. The SMILES string of the molecule is C=C=C(N)C(C)CCCC. The molecule has 0 saturated heterocycles. The fourth-order valence-corrected chi connectivity index (χ4v) is 0.840. The van der Waals surface area contributed by atoms with Crippen LogP contribution in [0.4, 0.5) is 0 Å². The highest BCUT2D eigenvalue weighted by atomic mass is 14.6. The lowest BCUT2D eigenvalue weighted by atomic mass is 10.0. The van der Waals surface area contributed by atoms with Crippen molar-refractivity contribution in [2.75, 3.05) is 0 Å². The second-order valence-electron chi connectivity index (χ2n) is 2.68. The van der Waals surface area contributed by atoms with Gasteiger partial charge in [0.2, 0.25) is 0 Å². The molecule has 1 nitrogen and oxygen atoms in total. The lowest BCUT2D eigenvalue weighted by Gasteiger charge is -2.07. The first-order chi connectivity index (χ1) is 4.72. The minimum atomic E-state index is 0.456. The summed E-state index contributed by atoms with van der Waals surface area (Å²) < 4.78 is 0. The Labute approximate surface area is 63.6 Å². The van der Waals surface area contributed by atoms with E-state index in [1.807, 2.05) is 0 Å². The van der Waals surface area contributed by atoms with Gasteiger partial charge in [-0.1, -0.05) is 33.3 Å². The zero-order chi connectivity index (χ0) is 7.98. The minimum Gasteiger partial charge on any atom is -0.396 e. The standard InChI is InChI=1S/C9H17N/c1-4-6-7-8(3)9(10)5-2/h8H,2,4,6-7,10H2,1,3H3. The average molecular weight is 139 g/mol.